The summed E-state index contributed by atoms with van der Waals surface area (Å²) in [5.41, 5.74) is 1.42. The second-order valence-electron chi connectivity index (χ2n) is 3.77. The third-order valence-corrected chi connectivity index (χ3v) is 5.49. The van der Waals surface area contributed by atoms with Gasteiger partial charge in [-0.2, -0.15) is 0 Å². The topological polar surface area (TPSA) is 60.2 Å². The normalized spacial score (nSPS) is 11.5. The van der Waals surface area contributed by atoms with E-state index in [2.05, 4.69) is 13.2 Å². The lowest BCUT2D eigenvalue weighted by Gasteiger charge is -2.06. The summed E-state index contributed by atoms with van der Waals surface area (Å²) in [7, 11) is -3.21. The van der Waals surface area contributed by atoms with E-state index in [1.165, 1.54) is 17.6 Å². The molecule has 0 aromatic carbocycles. The Kier molecular flexibility index (Phi) is 4.60. The molecular formula is C11H15NO2S3. The molecule has 0 fully saturated rings. The maximum Gasteiger partial charge on any atom is 0.185 e. The largest absolute Gasteiger partial charge is 0.274 e. The Morgan fingerprint density at radius 2 is 2.12 bits per heavy atom. The molecule has 94 valence electrons. The molecule has 0 atom stereocenters. The number of aryl methyl sites for hydroxylation is 1. The highest BCUT2D eigenvalue weighted by Gasteiger charge is 2.18. The zero-order valence-electron chi connectivity index (χ0n) is 9.82. The molecule has 17 heavy (non-hydrogen) atoms. The molecule has 3 nitrogen and oxygen atoms in total. The van der Waals surface area contributed by atoms with Gasteiger partial charge in [0.1, 0.15) is 4.21 Å². The number of rotatable bonds is 5. The first-order valence-corrected chi connectivity index (χ1v) is 8.37. The first-order chi connectivity index (χ1) is 7.75. The molecule has 0 radical (unpaired) electrons. The molecule has 1 aromatic rings. The van der Waals surface area contributed by atoms with E-state index in [0.717, 1.165) is 27.3 Å². The molecule has 0 spiro atoms. The standard InChI is InChI=1S/C11H15NO2S3/c1-7(5-9(3)16-12)10-6-8(2)15-11(10)17(4,13)14/h6H,1,3,5,12H2,2,4H3. The van der Waals surface area contributed by atoms with Gasteiger partial charge in [-0.15, -0.1) is 11.3 Å². The van der Waals surface area contributed by atoms with E-state index in [1.807, 2.05) is 13.0 Å². The number of sulfone groups is 1. The summed E-state index contributed by atoms with van der Waals surface area (Å²) in [5, 5.41) is 5.39. The molecule has 0 aliphatic heterocycles. The van der Waals surface area contributed by atoms with Crippen molar-refractivity contribution in [1.82, 2.24) is 0 Å². The molecule has 1 heterocycles. The van der Waals surface area contributed by atoms with Crippen LogP contribution in [0, 0.1) is 6.92 Å². The molecule has 0 saturated heterocycles. The van der Waals surface area contributed by atoms with Gasteiger partial charge >= 0.3 is 0 Å². The van der Waals surface area contributed by atoms with Gasteiger partial charge in [-0.3, -0.25) is 5.14 Å². The van der Waals surface area contributed by atoms with Crippen LogP contribution in [0.4, 0.5) is 0 Å². The molecule has 0 unspecified atom stereocenters. The van der Waals surface area contributed by atoms with Crippen LogP contribution in [0.5, 0.6) is 0 Å². The molecule has 1 rings (SSSR count). The average molecular weight is 289 g/mol. The maximum atomic E-state index is 11.6. The Balaban J connectivity index is 3.15. The average Bonchev–Trinajstić information content (AvgIpc) is 2.59. The summed E-state index contributed by atoms with van der Waals surface area (Å²) in [6.45, 7) is 9.56. The van der Waals surface area contributed by atoms with Gasteiger partial charge in [-0.05, 0) is 23.5 Å². The van der Waals surface area contributed by atoms with Crippen molar-refractivity contribution in [2.24, 2.45) is 5.14 Å². The van der Waals surface area contributed by atoms with Crippen LogP contribution in [-0.2, 0) is 9.84 Å². The number of hydrogen-bond donors (Lipinski definition) is 1. The fraction of sp³-hybridized carbons (Fsp3) is 0.273. The lowest BCUT2D eigenvalue weighted by atomic mass is 10.1. The van der Waals surface area contributed by atoms with Gasteiger partial charge in [-0.25, -0.2) is 8.42 Å². The summed E-state index contributed by atoms with van der Waals surface area (Å²) in [5.74, 6) is 0. The number of allylic oxidation sites excluding steroid dienone is 2. The van der Waals surface area contributed by atoms with Gasteiger partial charge < -0.3 is 0 Å². The Morgan fingerprint density at radius 1 is 1.53 bits per heavy atom. The second kappa shape index (κ2) is 5.39. The number of hydrogen-bond acceptors (Lipinski definition) is 5. The van der Waals surface area contributed by atoms with E-state index in [1.54, 1.807) is 0 Å². The molecule has 0 amide bonds. The molecular weight excluding hydrogens is 274 g/mol. The van der Waals surface area contributed by atoms with Gasteiger partial charge in [-0.1, -0.05) is 25.1 Å². The minimum Gasteiger partial charge on any atom is -0.274 e. The van der Waals surface area contributed by atoms with Gasteiger partial charge in [0.25, 0.3) is 0 Å². The highest BCUT2D eigenvalue weighted by Crippen LogP contribution is 2.34. The highest BCUT2D eigenvalue weighted by atomic mass is 32.2. The van der Waals surface area contributed by atoms with Crippen LogP contribution in [0.15, 0.2) is 28.3 Å². The highest BCUT2D eigenvalue weighted by molar-refractivity contribution is 8.00. The lowest BCUT2D eigenvalue weighted by molar-refractivity contribution is 0.603. The van der Waals surface area contributed by atoms with Crippen LogP contribution < -0.4 is 5.14 Å². The van der Waals surface area contributed by atoms with Crippen molar-refractivity contribution in [2.45, 2.75) is 17.6 Å². The smallest absolute Gasteiger partial charge is 0.185 e. The fourth-order valence-electron chi connectivity index (χ4n) is 1.39. The Bertz CT molecular complexity index is 555. The Labute approximate surface area is 110 Å². The Morgan fingerprint density at radius 3 is 2.59 bits per heavy atom. The summed E-state index contributed by atoms with van der Waals surface area (Å²) < 4.78 is 23.7. The van der Waals surface area contributed by atoms with E-state index in [4.69, 9.17) is 5.14 Å². The molecule has 0 aliphatic carbocycles. The minimum absolute atomic E-state index is 0.370. The van der Waals surface area contributed by atoms with Crippen molar-refractivity contribution in [3.8, 4) is 0 Å². The SMILES string of the molecule is C=C(CC(=C)c1cc(C)sc1S(C)(=O)=O)SN. The van der Waals surface area contributed by atoms with E-state index >= 15 is 0 Å². The minimum atomic E-state index is -3.21. The molecule has 0 aliphatic rings. The van der Waals surface area contributed by atoms with Crippen LogP contribution in [0.2, 0.25) is 0 Å². The van der Waals surface area contributed by atoms with Gasteiger partial charge in [0.15, 0.2) is 9.84 Å². The van der Waals surface area contributed by atoms with E-state index < -0.39 is 9.84 Å². The third kappa shape index (κ3) is 3.70. The quantitative estimate of drug-likeness (QED) is 0.847. The van der Waals surface area contributed by atoms with Crippen LogP contribution >= 0.6 is 23.3 Å². The van der Waals surface area contributed by atoms with Crippen molar-refractivity contribution >= 4 is 38.7 Å². The lowest BCUT2D eigenvalue weighted by Crippen LogP contribution is -1.98. The first kappa shape index (κ1) is 14.5. The van der Waals surface area contributed by atoms with Crippen molar-refractivity contribution in [3.63, 3.8) is 0 Å². The van der Waals surface area contributed by atoms with Crippen molar-refractivity contribution < 1.29 is 8.42 Å². The first-order valence-electron chi connectivity index (χ1n) is 4.79. The van der Waals surface area contributed by atoms with Gasteiger partial charge in [0.05, 0.1) is 0 Å². The molecule has 1 aromatic heterocycles. The monoisotopic (exact) mass is 289 g/mol. The third-order valence-electron chi connectivity index (χ3n) is 2.12. The number of thiophene rings is 1. The van der Waals surface area contributed by atoms with Crippen molar-refractivity contribution in [2.75, 3.05) is 6.26 Å². The van der Waals surface area contributed by atoms with E-state index in [0.29, 0.717) is 16.2 Å². The molecule has 2 N–H and O–H groups in total. The predicted molar refractivity (Wildman–Crippen MR) is 76.7 cm³/mol. The van der Waals surface area contributed by atoms with Gasteiger partial charge in [0, 0.05) is 23.1 Å². The van der Waals surface area contributed by atoms with Crippen LogP contribution in [-0.4, -0.2) is 14.7 Å². The van der Waals surface area contributed by atoms with Gasteiger partial charge in [0.2, 0.25) is 0 Å². The summed E-state index contributed by atoms with van der Waals surface area (Å²) in [6, 6.07) is 1.85. The summed E-state index contributed by atoms with van der Waals surface area (Å²) in [6.07, 6.45) is 1.71. The van der Waals surface area contributed by atoms with E-state index in [-0.39, 0.29) is 0 Å². The van der Waals surface area contributed by atoms with Crippen LogP contribution in [0.1, 0.15) is 16.9 Å². The maximum absolute atomic E-state index is 11.6. The van der Waals surface area contributed by atoms with Crippen LogP contribution in [0.25, 0.3) is 5.57 Å². The number of nitrogens with two attached hydrogens (primary N) is 1. The predicted octanol–water partition coefficient (Wildman–Crippen LogP) is 2.98. The second-order valence-corrected chi connectivity index (χ2v) is 8.05. The zero-order chi connectivity index (χ0) is 13.2. The fourth-order valence-corrected chi connectivity index (χ4v) is 4.03. The summed E-state index contributed by atoms with van der Waals surface area (Å²) >= 11 is 2.33. The van der Waals surface area contributed by atoms with Crippen molar-refractivity contribution in [3.05, 3.63) is 34.6 Å². The van der Waals surface area contributed by atoms with Crippen molar-refractivity contribution in [1.29, 1.82) is 0 Å². The zero-order valence-corrected chi connectivity index (χ0v) is 12.3. The van der Waals surface area contributed by atoms with Crippen LogP contribution in [0.3, 0.4) is 0 Å². The Hall–Kier alpha value is -0.560. The molecule has 0 saturated carbocycles. The molecule has 6 heteroatoms. The summed E-state index contributed by atoms with van der Waals surface area (Å²) in [4.78, 5) is 1.71. The van der Waals surface area contributed by atoms with E-state index in [9.17, 15) is 8.42 Å². The molecule has 0 bridgehead atoms.